The first kappa shape index (κ1) is 30.3. The van der Waals surface area contributed by atoms with Gasteiger partial charge in [0.05, 0.1) is 24.3 Å². The summed E-state index contributed by atoms with van der Waals surface area (Å²) in [5.41, 5.74) is 7.83. The number of carbonyl (C=O) groups is 2. The molecule has 1 unspecified atom stereocenters. The number of nitrogens with zero attached hydrogens (tertiary/aromatic N) is 2. The average Bonchev–Trinajstić information content (AvgIpc) is 3.04. The van der Waals surface area contributed by atoms with E-state index in [0.717, 1.165) is 73.5 Å². The standard InChI is InChI=1S/C37H43N3O3/c1-27-16-18-30(19-17-27)34-33(36(42)43-4)28(2)38-29(3)35(34)40(26-41)23-11-22-39-24-20-37(21-25-39,31-12-7-5-8-13-31)32-14-9-6-10-15-32/h5-10,12-19,26,34,38H,11,20-25H2,1-4H3. The van der Waals surface area contributed by atoms with Gasteiger partial charge in [0, 0.05) is 23.4 Å². The number of dihydropyridines is 1. The molecule has 2 aliphatic heterocycles. The molecule has 1 amide bonds. The van der Waals surface area contributed by atoms with E-state index in [-0.39, 0.29) is 11.4 Å². The first-order valence-electron chi connectivity index (χ1n) is 15.3. The predicted molar refractivity (Wildman–Crippen MR) is 171 cm³/mol. The second-order valence-electron chi connectivity index (χ2n) is 11.8. The van der Waals surface area contributed by atoms with Gasteiger partial charge in [-0.1, -0.05) is 90.5 Å². The van der Waals surface area contributed by atoms with Crippen LogP contribution >= 0.6 is 0 Å². The monoisotopic (exact) mass is 577 g/mol. The lowest BCUT2D eigenvalue weighted by Crippen LogP contribution is -2.44. The Balaban J connectivity index is 1.30. The van der Waals surface area contributed by atoms with Crippen molar-refractivity contribution in [2.75, 3.05) is 33.3 Å². The summed E-state index contributed by atoms with van der Waals surface area (Å²) in [5, 5.41) is 3.35. The molecule has 0 saturated carbocycles. The summed E-state index contributed by atoms with van der Waals surface area (Å²) >= 11 is 0. The Morgan fingerprint density at radius 3 is 2.02 bits per heavy atom. The average molecular weight is 578 g/mol. The minimum Gasteiger partial charge on any atom is -0.466 e. The molecule has 2 aliphatic rings. The molecule has 43 heavy (non-hydrogen) atoms. The van der Waals surface area contributed by atoms with Crippen molar-refractivity contribution in [3.63, 3.8) is 0 Å². The normalized spacial score (nSPS) is 18.7. The van der Waals surface area contributed by atoms with E-state index >= 15 is 0 Å². The topological polar surface area (TPSA) is 61.9 Å². The fourth-order valence-corrected chi connectivity index (χ4v) is 6.94. The lowest BCUT2D eigenvalue weighted by atomic mass is 9.68. The number of amides is 1. The highest BCUT2D eigenvalue weighted by atomic mass is 16.5. The minimum absolute atomic E-state index is 0.0132. The van der Waals surface area contributed by atoms with Crippen LogP contribution in [0.5, 0.6) is 0 Å². The molecule has 1 saturated heterocycles. The molecule has 5 rings (SSSR count). The van der Waals surface area contributed by atoms with Gasteiger partial charge >= 0.3 is 5.97 Å². The number of hydrogen-bond donors (Lipinski definition) is 1. The van der Waals surface area contributed by atoms with Crippen molar-refractivity contribution in [1.82, 2.24) is 15.1 Å². The number of carbonyl (C=O) groups excluding carboxylic acids is 2. The number of nitrogens with one attached hydrogen (secondary N) is 1. The molecule has 1 atom stereocenters. The fourth-order valence-electron chi connectivity index (χ4n) is 6.94. The Morgan fingerprint density at radius 1 is 0.907 bits per heavy atom. The summed E-state index contributed by atoms with van der Waals surface area (Å²) in [7, 11) is 1.40. The maximum atomic E-state index is 13.0. The van der Waals surface area contributed by atoms with E-state index in [1.165, 1.54) is 18.2 Å². The Kier molecular flexibility index (Phi) is 9.46. The first-order chi connectivity index (χ1) is 20.9. The number of hydrogen-bond acceptors (Lipinski definition) is 5. The molecule has 3 aromatic carbocycles. The first-order valence-corrected chi connectivity index (χ1v) is 15.3. The molecule has 3 aromatic rings. The van der Waals surface area contributed by atoms with E-state index in [2.05, 4.69) is 70.9 Å². The number of esters is 1. The summed E-state index contributed by atoms with van der Waals surface area (Å²) < 4.78 is 5.20. The third-order valence-corrected chi connectivity index (χ3v) is 9.21. The zero-order valence-corrected chi connectivity index (χ0v) is 25.8. The third kappa shape index (κ3) is 6.30. The Labute approximate surface area is 256 Å². The van der Waals surface area contributed by atoms with E-state index in [9.17, 15) is 9.59 Å². The Bertz CT molecular complexity index is 1430. The molecule has 0 aromatic heterocycles. The lowest BCUT2D eigenvalue weighted by Gasteiger charge is -2.43. The van der Waals surface area contributed by atoms with Gasteiger partial charge in [0.15, 0.2) is 0 Å². The zero-order chi connectivity index (χ0) is 30.4. The molecule has 0 bridgehead atoms. The van der Waals surface area contributed by atoms with Gasteiger partial charge in [-0.15, -0.1) is 0 Å². The highest BCUT2D eigenvalue weighted by molar-refractivity contribution is 5.92. The molecule has 224 valence electrons. The molecular formula is C37H43N3O3. The van der Waals surface area contributed by atoms with E-state index in [1.807, 2.05) is 45.0 Å². The number of methoxy groups -OCH3 is 1. The molecule has 0 aliphatic carbocycles. The van der Waals surface area contributed by atoms with E-state index in [0.29, 0.717) is 12.1 Å². The summed E-state index contributed by atoms with van der Waals surface area (Å²) in [5.74, 6) is -0.785. The lowest BCUT2D eigenvalue weighted by molar-refractivity contribution is -0.136. The predicted octanol–water partition coefficient (Wildman–Crippen LogP) is 6.29. The number of benzene rings is 3. The molecule has 1 fully saturated rings. The van der Waals surface area contributed by atoms with Gasteiger partial charge in [-0.05, 0) is 76.4 Å². The van der Waals surface area contributed by atoms with Crippen LogP contribution in [0, 0.1) is 6.92 Å². The summed E-state index contributed by atoms with van der Waals surface area (Å²) in [6, 6.07) is 30.0. The largest absolute Gasteiger partial charge is 0.466 e. The maximum absolute atomic E-state index is 13.0. The van der Waals surface area contributed by atoms with Crippen molar-refractivity contribution >= 4 is 12.4 Å². The van der Waals surface area contributed by atoms with Gasteiger partial charge in [0.25, 0.3) is 0 Å². The van der Waals surface area contributed by atoms with Crippen LogP contribution in [0.2, 0.25) is 0 Å². The van der Waals surface area contributed by atoms with Gasteiger partial charge in [-0.3, -0.25) is 4.79 Å². The van der Waals surface area contributed by atoms with Crippen LogP contribution in [0.3, 0.4) is 0 Å². The van der Waals surface area contributed by atoms with Crippen molar-refractivity contribution in [1.29, 1.82) is 0 Å². The third-order valence-electron chi connectivity index (χ3n) is 9.21. The number of piperidine rings is 1. The van der Waals surface area contributed by atoms with Crippen molar-refractivity contribution < 1.29 is 14.3 Å². The van der Waals surface area contributed by atoms with Gasteiger partial charge in [-0.2, -0.15) is 0 Å². The summed E-state index contributed by atoms with van der Waals surface area (Å²) in [6.07, 6.45) is 3.84. The SMILES string of the molecule is COC(=O)C1=C(C)NC(C)=C(N(C=O)CCCN2CCC(c3ccccc3)(c3ccccc3)CC2)C1c1ccc(C)cc1. The quantitative estimate of drug-likeness (QED) is 0.227. The molecule has 2 heterocycles. The fraction of sp³-hybridized carbons (Fsp3) is 0.351. The highest BCUT2D eigenvalue weighted by Gasteiger charge is 2.38. The highest BCUT2D eigenvalue weighted by Crippen LogP contribution is 2.42. The molecular weight excluding hydrogens is 534 g/mol. The summed E-state index contributed by atoms with van der Waals surface area (Å²) in [4.78, 5) is 29.9. The van der Waals surface area contributed by atoms with Crippen molar-refractivity contribution in [2.45, 2.75) is 51.4 Å². The van der Waals surface area contributed by atoms with Gasteiger partial charge in [0.2, 0.25) is 6.41 Å². The molecule has 1 N–H and O–H groups in total. The van der Waals surface area contributed by atoms with Crippen LogP contribution < -0.4 is 5.32 Å². The second-order valence-corrected chi connectivity index (χ2v) is 11.8. The second kappa shape index (κ2) is 13.4. The zero-order valence-electron chi connectivity index (χ0n) is 25.8. The number of rotatable bonds is 10. The number of ether oxygens (including phenoxy) is 1. The van der Waals surface area contributed by atoms with Crippen molar-refractivity contribution in [3.8, 4) is 0 Å². The van der Waals surface area contributed by atoms with E-state index in [4.69, 9.17) is 4.74 Å². The van der Waals surface area contributed by atoms with Crippen LogP contribution in [0.1, 0.15) is 61.3 Å². The van der Waals surface area contributed by atoms with Crippen LogP contribution in [0.25, 0.3) is 0 Å². The molecule has 6 heteroatoms. The van der Waals surface area contributed by atoms with Crippen LogP contribution in [0.15, 0.2) is 108 Å². The number of allylic oxidation sites excluding steroid dienone is 3. The number of likely N-dealkylation sites (tertiary alicyclic amines) is 1. The maximum Gasteiger partial charge on any atom is 0.336 e. The smallest absolute Gasteiger partial charge is 0.336 e. The Hall–Kier alpha value is -4.16. The Morgan fingerprint density at radius 2 is 1.49 bits per heavy atom. The van der Waals surface area contributed by atoms with Gasteiger partial charge in [0.1, 0.15) is 0 Å². The molecule has 0 spiro atoms. The van der Waals surface area contributed by atoms with Gasteiger partial charge < -0.3 is 19.9 Å². The van der Waals surface area contributed by atoms with Crippen LogP contribution in [-0.2, 0) is 19.7 Å². The molecule has 0 radical (unpaired) electrons. The van der Waals surface area contributed by atoms with Crippen LogP contribution in [0.4, 0.5) is 0 Å². The summed E-state index contributed by atoms with van der Waals surface area (Å²) in [6.45, 7) is 9.36. The van der Waals surface area contributed by atoms with E-state index < -0.39 is 5.92 Å². The van der Waals surface area contributed by atoms with Crippen molar-refractivity contribution in [3.05, 3.63) is 130 Å². The molecule has 6 nitrogen and oxygen atoms in total. The van der Waals surface area contributed by atoms with E-state index in [1.54, 1.807) is 4.90 Å². The van der Waals surface area contributed by atoms with Crippen LogP contribution in [-0.4, -0.2) is 55.5 Å². The number of aryl methyl sites for hydroxylation is 1. The van der Waals surface area contributed by atoms with Gasteiger partial charge in [-0.25, -0.2) is 4.79 Å². The van der Waals surface area contributed by atoms with Crippen molar-refractivity contribution in [2.24, 2.45) is 0 Å². The minimum atomic E-state index is -0.396.